The summed E-state index contributed by atoms with van der Waals surface area (Å²) in [7, 11) is 0. The van der Waals surface area contributed by atoms with Crippen molar-refractivity contribution in [3.63, 3.8) is 0 Å². The van der Waals surface area contributed by atoms with E-state index in [0.29, 0.717) is 5.92 Å². The molecule has 0 aromatic carbocycles. The Hall–Kier alpha value is 0.240. The molecule has 0 spiro atoms. The highest BCUT2D eigenvalue weighted by atomic mass is 35.5. The highest BCUT2D eigenvalue weighted by molar-refractivity contribution is 7.20. The van der Waals surface area contributed by atoms with Crippen LogP contribution in [0.1, 0.15) is 50.6 Å². The van der Waals surface area contributed by atoms with E-state index in [-0.39, 0.29) is 6.04 Å². The molecule has 0 aliphatic heterocycles. The number of hydrogen-bond acceptors (Lipinski definition) is 2. The van der Waals surface area contributed by atoms with Crippen LogP contribution in [0.2, 0.25) is 8.67 Å². The fourth-order valence-corrected chi connectivity index (χ4v) is 4.36. The lowest BCUT2D eigenvalue weighted by atomic mass is 9.76. The molecule has 2 rings (SSSR count). The fraction of sp³-hybridized carbons (Fsp3) is 0.692. The Bertz CT molecular complexity index is 369. The monoisotopic (exact) mass is 291 g/mol. The van der Waals surface area contributed by atoms with Gasteiger partial charge in [0.05, 0.1) is 8.67 Å². The molecule has 1 unspecified atom stereocenters. The number of hydrogen-bond donors (Lipinski definition) is 1. The first kappa shape index (κ1) is 13.7. The second-order valence-electron chi connectivity index (χ2n) is 4.99. The largest absolute Gasteiger partial charge is 0.324 e. The van der Waals surface area contributed by atoms with Gasteiger partial charge in [0.2, 0.25) is 0 Å². The summed E-state index contributed by atoms with van der Waals surface area (Å²) in [4.78, 5) is 0. The van der Waals surface area contributed by atoms with Crippen LogP contribution in [0.15, 0.2) is 6.07 Å². The van der Waals surface area contributed by atoms with Crippen molar-refractivity contribution >= 4 is 34.5 Å². The molecule has 17 heavy (non-hydrogen) atoms. The van der Waals surface area contributed by atoms with Crippen LogP contribution in [0.25, 0.3) is 0 Å². The van der Waals surface area contributed by atoms with Gasteiger partial charge < -0.3 is 5.73 Å². The molecule has 0 bridgehead atoms. The molecule has 4 heteroatoms. The van der Waals surface area contributed by atoms with E-state index in [2.05, 4.69) is 6.92 Å². The third kappa shape index (κ3) is 3.17. The fourth-order valence-electron chi connectivity index (χ4n) is 2.79. The van der Waals surface area contributed by atoms with Gasteiger partial charge in [-0.1, -0.05) is 49.4 Å². The third-order valence-electron chi connectivity index (χ3n) is 4.02. The minimum Gasteiger partial charge on any atom is -0.324 e. The molecule has 1 aliphatic carbocycles. The Morgan fingerprint density at radius 2 is 2.00 bits per heavy atom. The van der Waals surface area contributed by atoms with Crippen molar-refractivity contribution in [2.45, 2.75) is 45.1 Å². The van der Waals surface area contributed by atoms with Crippen molar-refractivity contribution < 1.29 is 0 Å². The van der Waals surface area contributed by atoms with Crippen LogP contribution in [-0.2, 0) is 0 Å². The van der Waals surface area contributed by atoms with Gasteiger partial charge in [0, 0.05) is 11.6 Å². The van der Waals surface area contributed by atoms with Gasteiger partial charge in [0.1, 0.15) is 0 Å². The van der Waals surface area contributed by atoms with Crippen LogP contribution in [0.4, 0.5) is 0 Å². The summed E-state index contributed by atoms with van der Waals surface area (Å²) in [6.45, 7) is 2.28. The standard InChI is InChI=1S/C13H19Cl2NS/c1-2-8-3-5-9(6-4-8)12(16)10-7-11(14)17-13(10)15/h7-9,12H,2-6,16H2,1H3. The van der Waals surface area contributed by atoms with E-state index in [1.54, 1.807) is 0 Å². The van der Waals surface area contributed by atoms with Crippen LogP contribution in [-0.4, -0.2) is 0 Å². The van der Waals surface area contributed by atoms with Crippen molar-refractivity contribution in [3.05, 3.63) is 20.3 Å². The topological polar surface area (TPSA) is 26.0 Å². The highest BCUT2D eigenvalue weighted by Gasteiger charge is 2.27. The zero-order chi connectivity index (χ0) is 12.4. The summed E-state index contributed by atoms with van der Waals surface area (Å²) in [5.74, 6) is 1.47. The van der Waals surface area contributed by atoms with Gasteiger partial charge in [0.25, 0.3) is 0 Å². The predicted molar refractivity (Wildman–Crippen MR) is 77.0 cm³/mol. The van der Waals surface area contributed by atoms with E-state index < -0.39 is 0 Å². The molecule has 2 N–H and O–H groups in total. The van der Waals surface area contributed by atoms with Gasteiger partial charge in [-0.05, 0) is 30.7 Å². The number of rotatable bonds is 3. The summed E-state index contributed by atoms with van der Waals surface area (Å²) >= 11 is 13.6. The molecule has 1 aliphatic rings. The van der Waals surface area contributed by atoms with Crippen molar-refractivity contribution in [2.24, 2.45) is 17.6 Å². The molecule has 1 fully saturated rings. The maximum absolute atomic E-state index is 6.33. The molecule has 0 radical (unpaired) electrons. The Labute approximate surface area is 117 Å². The van der Waals surface area contributed by atoms with Crippen molar-refractivity contribution in [2.75, 3.05) is 0 Å². The van der Waals surface area contributed by atoms with Gasteiger partial charge in [-0.15, -0.1) is 11.3 Å². The van der Waals surface area contributed by atoms with E-state index in [1.807, 2.05) is 6.07 Å². The molecule has 1 saturated carbocycles. The first-order valence-corrected chi connectivity index (χ1v) is 7.89. The van der Waals surface area contributed by atoms with Crippen molar-refractivity contribution in [1.82, 2.24) is 0 Å². The van der Waals surface area contributed by atoms with E-state index >= 15 is 0 Å². The van der Waals surface area contributed by atoms with Crippen LogP contribution in [0.5, 0.6) is 0 Å². The van der Waals surface area contributed by atoms with Gasteiger partial charge in [-0.2, -0.15) is 0 Å². The predicted octanol–water partition coefficient (Wildman–Crippen LogP) is 5.27. The number of halogens is 2. The smallest absolute Gasteiger partial charge is 0.0991 e. The first-order valence-electron chi connectivity index (χ1n) is 6.32. The lowest BCUT2D eigenvalue weighted by Crippen LogP contribution is -2.25. The third-order valence-corrected chi connectivity index (χ3v) is 5.54. The minimum absolute atomic E-state index is 0.0593. The quantitative estimate of drug-likeness (QED) is 0.806. The Morgan fingerprint density at radius 1 is 1.35 bits per heavy atom. The summed E-state index contributed by atoms with van der Waals surface area (Å²) in [6.07, 6.45) is 6.37. The van der Waals surface area contributed by atoms with Gasteiger partial charge in [-0.3, -0.25) is 0 Å². The molecular weight excluding hydrogens is 273 g/mol. The molecule has 1 aromatic rings. The first-order chi connectivity index (χ1) is 8.11. The molecule has 1 atom stereocenters. The minimum atomic E-state index is 0.0593. The number of thiophene rings is 1. The Balaban J connectivity index is 2.01. The number of nitrogens with two attached hydrogens (primary N) is 1. The maximum atomic E-state index is 6.33. The molecule has 1 aromatic heterocycles. The van der Waals surface area contributed by atoms with E-state index in [1.165, 1.54) is 43.4 Å². The van der Waals surface area contributed by atoms with Crippen LogP contribution < -0.4 is 5.73 Å². The van der Waals surface area contributed by atoms with Gasteiger partial charge in [-0.25, -0.2) is 0 Å². The van der Waals surface area contributed by atoms with E-state index in [0.717, 1.165) is 20.2 Å². The molecule has 1 nitrogen and oxygen atoms in total. The molecule has 0 amide bonds. The normalized spacial score (nSPS) is 27.1. The molecule has 96 valence electrons. The summed E-state index contributed by atoms with van der Waals surface area (Å²) in [6, 6.07) is 1.99. The van der Waals surface area contributed by atoms with Gasteiger partial charge in [0.15, 0.2) is 0 Å². The van der Waals surface area contributed by atoms with Crippen LogP contribution >= 0.6 is 34.5 Å². The SMILES string of the molecule is CCC1CCC(C(N)c2cc(Cl)sc2Cl)CC1. The van der Waals surface area contributed by atoms with Crippen molar-refractivity contribution in [1.29, 1.82) is 0 Å². The second-order valence-corrected chi connectivity index (χ2v) is 7.28. The van der Waals surface area contributed by atoms with E-state index in [9.17, 15) is 0 Å². The average molecular weight is 292 g/mol. The highest BCUT2D eigenvalue weighted by Crippen LogP contribution is 2.41. The lowest BCUT2D eigenvalue weighted by molar-refractivity contribution is 0.240. The summed E-state index contributed by atoms with van der Waals surface area (Å²) in [5, 5.41) is 0. The zero-order valence-corrected chi connectivity index (χ0v) is 12.4. The average Bonchev–Trinajstić information content (AvgIpc) is 2.68. The summed E-state index contributed by atoms with van der Waals surface area (Å²) < 4.78 is 1.50. The Morgan fingerprint density at radius 3 is 2.47 bits per heavy atom. The Kier molecular flexibility index (Phi) is 4.76. The van der Waals surface area contributed by atoms with Crippen LogP contribution in [0, 0.1) is 11.8 Å². The lowest BCUT2D eigenvalue weighted by Gasteiger charge is -2.31. The van der Waals surface area contributed by atoms with E-state index in [4.69, 9.17) is 28.9 Å². The second kappa shape index (κ2) is 5.92. The zero-order valence-electron chi connectivity index (χ0n) is 10.1. The maximum Gasteiger partial charge on any atom is 0.0991 e. The molecular formula is C13H19Cl2NS. The summed E-state index contributed by atoms with van der Waals surface area (Å²) in [5.41, 5.74) is 7.38. The van der Waals surface area contributed by atoms with Crippen molar-refractivity contribution in [3.8, 4) is 0 Å². The van der Waals surface area contributed by atoms with Crippen LogP contribution in [0.3, 0.4) is 0 Å². The molecule has 0 saturated heterocycles. The molecule has 1 heterocycles. The van der Waals surface area contributed by atoms with Gasteiger partial charge >= 0.3 is 0 Å².